The van der Waals surface area contributed by atoms with E-state index in [2.05, 4.69) is 58.9 Å². The molecule has 4 atom stereocenters. The molecular formula is C68H86F2N12O8. The van der Waals surface area contributed by atoms with Crippen molar-refractivity contribution in [1.82, 2.24) is 55.8 Å². The van der Waals surface area contributed by atoms with Gasteiger partial charge in [0.05, 0.1) is 19.2 Å². The lowest BCUT2D eigenvalue weighted by Gasteiger charge is -2.42. The zero-order chi connectivity index (χ0) is 64.5. The van der Waals surface area contributed by atoms with Gasteiger partial charge in [-0.05, 0) is 142 Å². The Morgan fingerprint density at radius 2 is 1.53 bits per heavy atom. The average molecular weight is 1240 g/mol. The van der Waals surface area contributed by atoms with Crippen LogP contribution in [0.5, 0.6) is 5.75 Å². The minimum absolute atomic E-state index is 0.0226. The smallest absolute Gasteiger partial charge is 0.410 e. The third-order valence-corrected chi connectivity index (χ3v) is 16.3. The van der Waals surface area contributed by atoms with Crippen LogP contribution in [0, 0.1) is 17.0 Å². The standard InChI is InChI=1S/C68H86F2N12O8/c1-44(80(8)66(88)90-68(5,6)7)62(84)77-60(67(2,3)4)65(87)82-42-48-38-50(31-30-46(48)39-57(82)64(86)76-55-28-18-22-45-21-14-15-25-51(45)55)89-36-16-12-10-9-11-13-29-59(83)72-33-20-35-81-58(78-79-61(81)56-32-34-71-43-75-56)41-73-49-24-17-23-47(37-49)63(85)74-40-52-53(69)26-19-27-54(52)70/h14-15,17,19,21,23-27,30-32,34,37-38,43-44,55,57,60,73H,9-13,16,18,20,22,28-29,33,35-36,39-42H2,1-8H3,(H,72,83)(H,74,85)(H,76,86)(H,77,84)/t44-,55+,57-,60?/m0/s1. The van der Waals surface area contributed by atoms with Crippen LogP contribution in [0.15, 0.2) is 104 Å². The molecule has 2 aromatic heterocycles. The second kappa shape index (κ2) is 31.1. The number of nitrogens with one attached hydrogen (secondary N) is 5. The van der Waals surface area contributed by atoms with E-state index in [9.17, 15) is 32.8 Å². The SMILES string of the molecule is C[C@@H](C(=O)NC(C(=O)N1Cc2cc(OCCCCCCCCC(=O)NCCCn3c(CNc4cccc(C(=O)NCc5c(F)cccc5F)c4)nnc3-c3ccncn3)ccc2C[C@H]1C(=O)N[C@@H]1CCCc2ccccc21)C(C)(C)C)N(C)C(=O)OC(C)(C)C. The normalized spacial score (nSPS) is 15.3. The van der Waals surface area contributed by atoms with Crippen molar-refractivity contribution in [3.05, 3.63) is 154 Å². The number of rotatable bonds is 27. The predicted octanol–water partition coefficient (Wildman–Crippen LogP) is 10.1. The Labute approximate surface area is 526 Å². The van der Waals surface area contributed by atoms with E-state index in [4.69, 9.17) is 9.47 Å². The highest BCUT2D eigenvalue weighted by Gasteiger charge is 2.44. The van der Waals surface area contributed by atoms with Crippen molar-refractivity contribution in [2.45, 2.75) is 181 Å². The van der Waals surface area contributed by atoms with E-state index in [-0.39, 0.29) is 49.5 Å². The first-order valence-electron chi connectivity index (χ1n) is 31.2. The lowest BCUT2D eigenvalue weighted by Crippen LogP contribution is -2.62. The van der Waals surface area contributed by atoms with Gasteiger partial charge < -0.3 is 45.5 Å². The third-order valence-electron chi connectivity index (χ3n) is 16.3. The maximum absolute atomic E-state index is 15.1. The summed E-state index contributed by atoms with van der Waals surface area (Å²) in [5, 5.41) is 24.0. The molecule has 8 rings (SSSR count). The molecule has 0 spiro atoms. The van der Waals surface area contributed by atoms with Crippen LogP contribution in [0.4, 0.5) is 19.3 Å². The number of benzene rings is 4. The van der Waals surface area contributed by atoms with Gasteiger partial charge in [-0.1, -0.05) is 88.9 Å². The minimum atomic E-state index is -1.05. The minimum Gasteiger partial charge on any atom is -0.494 e. The monoisotopic (exact) mass is 1240 g/mol. The molecule has 6 aromatic rings. The second-order valence-electron chi connectivity index (χ2n) is 25.3. The van der Waals surface area contributed by atoms with Crippen molar-refractivity contribution in [1.29, 1.82) is 0 Å². The molecule has 0 bridgehead atoms. The maximum Gasteiger partial charge on any atom is 0.410 e. The van der Waals surface area contributed by atoms with E-state index in [1.807, 2.05) is 55.7 Å². The number of unbranched alkanes of at least 4 members (excludes halogenated alkanes) is 5. The number of nitrogens with zero attached hydrogens (tertiary/aromatic N) is 7. The molecule has 90 heavy (non-hydrogen) atoms. The summed E-state index contributed by atoms with van der Waals surface area (Å²) in [7, 11) is 1.48. The fourth-order valence-corrected chi connectivity index (χ4v) is 11.1. The van der Waals surface area contributed by atoms with Gasteiger partial charge in [-0.15, -0.1) is 10.2 Å². The fraction of sp³-hybridized carbons (Fsp3) is 0.471. The summed E-state index contributed by atoms with van der Waals surface area (Å²) in [4.78, 5) is 93.6. The molecule has 1 aliphatic carbocycles. The van der Waals surface area contributed by atoms with Crippen LogP contribution in [0.25, 0.3) is 11.5 Å². The fourth-order valence-electron chi connectivity index (χ4n) is 11.1. The van der Waals surface area contributed by atoms with Crippen molar-refractivity contribution >= 4 is 41.3 Å². The summed E-state index contributed by atoms with van der Waals surface area (Å²) in [6.45, 7) is 13.9. The molecular weight excluding hydrogens is 1150 g/mol. The van der Waals surface area contributed by atoms with Crippen LogP contribution in [-0.2, 0) is 62.9 Å². The van der Waals surface area contributed by atoms with E-state index >= 15 is 4.79 Å². The molecule has 0 radical (unpaired) electrons. The lowest BCUT2D eigenvalue weighted by atomic mass is 9.83. The molecule has 0 fully saturated rings. The maximum atomic E-state index is 15.1. The molecule has 5 N–H and O–H groups in total. The number of carbonyl (C=O) groups is 6. The molecule has 20 nitrogen and oxygen atoms in total. The van der Waals surface area contributed by atoms with E-state index in [0.717, 1.165) is 86.6 Å². The van der Waals surface area contributed by atoms with Crippen molar-refractivity contribution in [3.8, 4) is 17.3 Å². The molecule has 0 saturated carbocycles. The molecule has 1 aliphatic heterocycles. The number of anilines is 1. The van der Waals surface area contributed by atoms with Gasteiger partial charge in [0.25, 0.3) is 5.91 Å². The summed E-state index contributed by atoms with van der Waals surface area (Å²) in [5.41, 5.74) is 3.78. The number of hydrogen-bond acceptors (Lipinski definition) is 13. The number of likely N-dealkylation sites (N-methyl/N-ethyl adjacent to an activating group) is 1. The highest BCUT2D eigenvalue weighted by Crippen LogP contribution is 2.34. The van der Waals surface area contributed by atoms with Crippen LogP contribution < -0.4 is 31.3 Å². The van der Waals surface area contributed by atoms with E-state index in [1.54, 1.807) is 69.1 Å². The van der Waals surface area contributed by atoms with Gasteiger partial charge in [0.1, 0.15) is 53.1 Å². The van der Waals surface area contributed by atoms with E-state index in [0.29, 0.717) is 66.9 Å². The number of halogens is 2. The first kappa shape index (κ1) is 67.1. The van der Waals surface area contributed by atoms with Crippen molar-refractivity contribution in [2.75, 3.05) is 25.5 Å². The Morgan fingerprint density at radius 3 is 2.28 bits per heavy atom. The zero-order valence-electron chi connectivity index (χ0n) is 53.0. The first-order chi connectivity index (χ1) is 43.0. The Hall–Kier alpha value is -8.82. The van der Waals surface area contributed by atoms with Crippen molar-refractivity contribution < 1.29 is 47.0 Å². The summed E-state index contributed by atoms with van der Waals surface area (Å²) >= 11 is 0. The Kier molecular flexibility index (Phi) is 23.2. The molecule has 3 heterocycles. The van der Waals surface area contributed by atoms with E-state index < -0.39 is 64.6 Å². The Bertz CT molecular complexity index is 3440. The van der Waals surface area contributed by atoms with Gasteiger partial charge in [0.15, 0.2) is 11.6 Å². The molecule has 22 heteroatoms. The van der Waals surface area contributed by atoms with Gasteiger partial charge in [-0.25, -0.2) is 23.5 Å². The molecule has 0 saturated heterocycles. The van der Waals surface area contributed by atoms with Gasteiger partial charge >= 0.3 is 6.09 Å². The highest BCUT2D eigenvalue weighted by molar-refractivity contribution is 5.96. The Balaban J connectivity index is 0.784. The number of aryl methyl sites for hydroxylation is 1. The highest BCUT2D eigenvalue weighted by atomic mass is 19.1. The molecule has 1 unspecified atom stereocenters. The van der Waals surface area contributed by atoms with Crippen LogP contribution in [0.2, 0.25) is 0 Å². The number of aromatic nitrogens is 5. The van der Waals surface area contributed by atoms with Crippen molar-refractivity contribution in [3.63, 3.8) is 0 Å². The number of hydrogen-bond donors (Lipinski definition) is 5. The Morgan fingerprint density at radius 1 is 0.789 bits per heavy atom. The van der Waals surface area contributed by atoms with Crippen LogP contribution in [0.3, 0.4) is 0 Å². The topological polar surface area (TPSA) is 244 Å². The molecule has 6 amide bonds. The number of carbonyl (C=O) groups excluding carboxylic acids is 6. The van der Waals surface area contributed by atoms with Gasteiger partial charge in [-0.2, -0.15) is 0 Å². The second-order valence-corrected chi connectivity index (χ2v) is 25.3. The van der Waals surface area contributed by atoms with Crippen LogP contribution >= 0.6 is 0 Å². The zero-order valence-corrected chi connectivity index (χ0v) is 53.0. The number of fused-ring (bicyclic) bond motifs is 2. The summed E-state index contributed by atoms with van der Waals surface area (Å²) in [6, 6.07) is 22.9. The van der Waals surface area contributed by atoms with Crippen LogP contribution in [0.1, 0.15) is 163 Å². The number of amides is 6. The van der Waals surface area contributed by atoms with Crippen molar-refractivity contribution in [2.24, 2.45) is 5.41 Å². The largest absolute Gasteiger partial charge is 0.494 e. The summed E-state index contributed by atoms with van der Waals surface area (Å²) in [5.74, 6) is -1.41. The molecule has 480 valence electrons. The van der Waals surface area contributed by atoms with Gasteiger partial charge in [0.2, 0.25) is 23.6 Å². The number of ether oxygens (including phenoxy) is 2. The average Bonchev–Trinajstić information content (AvgIpc) is 0.984. The molecule has 2 aliphatic rings. The first-order valence-corrected chi connectivity index (χ1v) is 31.2. The predicted molar refractivity (Wildman–Crippen MR) is 337 cm³/mol. The quantitative estimate of drug-likeness (QED) is 0.0302. The summed E-state index contributed by atoms with van der Waals surface area (Å²) < 4.78 is 42.1. The van der Waals surface area contributed by atoms with Crippen LogP contribution in [-0.4, -0.2) is 114 Å². The summed E-state index contributed by atoms with van der Waals surface area (Å²) in [6.07, 6.45) is 11.7. The molecule has 4 aromatic carbocycles. The van der Waals surface area contributed by atoms with E-state index in [1.165, 1.54) is 29.9 Å². The third kappa shape index (κ3) is 18.4. The van der Waals surface area contributed by atoms with Gasteiger partial charge in [0, 0.05) is 69.1 Å². The van der Waals surface area contributed by atoms with Gasteiger partial charge in [-0.3, -0.25) is 28.9 Å². The lowest BCUT2D eigenvalue weighted by molar-refractivity contribution is -0.147.